The summed E-state index contributed by atoms with van der Waals surface area (Å²) < 4.78 is 0. The van der Waals surface area contributed by atoms with Crippen molar-refractivity contribution in [2.24, 2.45) is 0 Å². The van der Waals surface area contributed by atoms with Crippen molar-refractivity contribution in [1.82, 2.24) is 0 Å². The van der Waals surface area contributed by atoms with Crippen molar-refractivity contribution in [2.75, 3.05) is 0 Å². The van der Waals surface area contributed by atoms with Gasteiger partial charge in [0.15, 0.2) is 8.11 Å². The Kier molecular flexibility index (Phi) is 6.15. The van der Waals surface area contributed by atoms with E-state index in [0.717, 1.165) is 23.5 Å². The molecule has 0 aromatic heterocycles. The Morgan fingerprint density at radius 2 is 1.65 bits per heavy atom. The van der Waals surface area contributed by atoms with E-state index >= 15 is 0 Å². The second kappa shape index (κ2) is 7.87. The Morgan fingerprint density at radius 1 is 1.00 bits per heavy atom. The standard InChI is InChI=1S/C17H19Cl2Si/c1-14(15-7-3-2-4-8-15)13-20(19)12-11-16-9-5-6-10-17(16)18/h2-10,14H,11-13H2,1H3. The lowest BCUT2D eigenvalue weighted by Gasteiger charge is -2.15. The largest absolute Gasteiger partial charge is 0.169 e. The second-order valence-electron chi connectivity index (χ2n) is 5.12. The quantitative estimate of drug-likeness (QED) is 0.458. The maximum Gasteiger partial charge on any atom is 0.166 e. The number of benzene rings is 2. The summed E-state index contributed by atoms with van der Waals surface area (Å²) in [5.74, 6) is 0.536. The first-order valence-corrected chi connectivity index (χ1v) is 10.3. The highest BCUT2D eigenvalue weighted by Crippen LogP contribution is 2.25. The van der Waals surface area contributed by atoms with Gasteiger partial charge in [0, 0.05) is 5.02 Å². The van der Waals surface area contributed by atoms with Gasteiger partial charge in [-0.25, -0.2) is 0 Å². The van der Waals surface area contributed by atoms with Crippen LogP contribution in [-0.2, 0) is 6.42 Å². The van der Waals surface area contributed by atoms with E-state index in [0.29, 0.717) is 5.92 Å². The van der Waals surface area contributed by atoms with Gasteiger partial charge in [-0.1, -0.05) is 67.1 Å². The molecule has 2 rings (SSSR count). The third kappa shape index (κ3) is 4.66. The van der Waals surface area contributed by atoms with Crippen LogP contribution >= 0.6 is 22.7 Å². The van der Waals surface area contributed by atoms with Crippen LogP contribution in [-0.4, -0.2) is 8.11 Å². The molecule has 0 aliphatic heterocycles. The van der Waals surface area contributed by atoms with E-state index in [2.05, 4.69) is 43.3 Å². The van der Waals surface area contributed by atoms with E-state index in [9.17, 15) is 0 Å². The first-order chi connectivity index (χ1) is 9.66. The lowest BCUT2D eigenvalue weighted by Crippen LogP contribution is -2.09. The zero-order chi connectivity index (χ0) is 14.4. The molecule has 0 fully saturated rings. The third-order valence-electron chi connectivity index (χ3n) is 3.52. The molecular weight excluding hydrogens is 303 g/mol. The van der Waals surface area contributed by atoms with Gasteiger partial charge in [-0.2, -0.15) is 11.1 Å². The minimum absolute atomic E-state index is 0.536. The van der Waals surface area contributed by atoms with E-state index in [1.165, 1.54) is 11.1 Å². The summed E-state index contributed by atoms with van der Waals surface area (Å²) in [4.78, 5) is 0. The second-order valence-corrected chi connectivity index (χ2v) is 9.08. The minimum atomic E-state index is -0.836. The first-order valence-electron chi connectivity index (χ1n) is 6.95. The highest BCUT2D eigenvalue weighted by molar-refractivity contribution is 7.07. The molecule has 20 heavy (non-hydrogen) atoms. The number of aryl methyl sites for hydroxylation is 1. The van der Waals surface area contributed by atoms with Crippen LogP contribution in [0, 0.1) is 0 Å². The molecule has 2 aromatic carbocycles. The molecule has 0 aliphatic rings. The summed E-state index contributed by atoms with van der Waals surface area (Å²) in [6, 6.07) is 20.8. The molecule has 1 atom stereocenters. The lowest BCUT2D eigenvalue weighted by atomic mass is 10.0. The third-order valence-corrected chi connectivity index (χ3v) is 6.77. The topological polar surface area (TPSA) is 0 Å². The number of rotatable bonds is 6. The van der Waals surface area contributed by atoms with Crippen molar-refractivity contribution < 1.29 is 0 Å². The predicted octanol–water partition coefficient (Wildman–Crippen LogP) is 5.92. The number of halogens is 2. The molecule has 3 heteroatoms. The Hall–Kier alpha value is -0.763. The summed E-state index contributed by atoms with van der Waals surface area (Å²) in [5, 5.41) is 0.857. The van der Waals surface area contributed by atoms with Gasteiger partial charge >= 0.3 is 0 Å². The molecule has 1 unspecified atom stereocenters. The van der Waals surface area contributed by atoms with Gasteiger partial charge in [0.2, 0.25) is 0 Å². The molecule has 105 valence electrons. The highest BCUT2D eigenvalue weighted by atomic mass is 35.6. The van der Waals surface area contributed by atoms with Crippen molar-refractivity contribution in [3.8, 4) is 0 Å². The van der Waals surface area contributed by atoms with Crippen LogP contribution in [0.3, 0.4) is 0 Å². The average molecular weight is 322 g/mol. The Labute approximate surface area is 133 Å². The Balaban J connectivity index is 1.84. The lowest BCUT2D eigenvalue weighted by molar-refractivity contribution is 0.851. The minimum Gasteiger partial charge on any atom is -0.169 e. The van der Waals surface area contributed by atoms with Crippen LogP contribution in [0.2, 0.25) is 17.1 Å². The van der Waals surface area contributed by atoms with Crippen LogP contribution in [0.5, 0.6) is 0 Å². The molecule has 0 saturated carbocycles. The van der Waals surface area contributed by atoms with Gasteiger partial charge < -0.3 is 0 Å². The van der Waals surface area contributed by atoms with Gasteiger partial charge in [0.1, 0.15) is 0 Å². The highest BCUT2D eigenvalue weighted by Gasteiger charge is 2.15. The van der Waals surface area contributed by atoms with Crippen molar-refractivity contribution in [3.05, 3.63) is 70.7 Å². The van der Waals surface area contributed by atoms with Crippen LogP contribution in [0.4, 0.5) is 0 Å². The molecule has 0 spiro atoms. The number of hydrogen-bond donors (Lipinski definition) is 0. The first kappa shape index (κ1) is 15.6. The molecule has 1 radical (unpaired) electrons. The van der Waals surface area contributed by atoms with Gasteiger partial charge in [0.25, 0.3) is 0 Å². The smallest absolute Gasteiger partial charge is 0.166 e. The zero-order valence-corrected chi connectivity index (χ0v) is 14.2. The molecule has 0 bridgehead atoms. The molecule has 0 nitrogen and oxygen atoms in total. The van der Waals surface area contributed by atoms with E-state index in [1.807, 2.05) is 18.2 Å². The van der Waals surface area contributed by atoms with E-state index in [1.54, 1.807) is 0 Å². The summed E-state index contributed by atoms with van der Waals surface area (Å²) in [7, 11) is -0.836. The summed E-state index contributed by atoms with van der Waals surface area (Å²) in [6.07, 6.45) is 0.985. The van der Waals surface area contributed by atoms with Crippen LogP contribution in [0.25, 0.3) is 0 Å². The van der Waals surface area contributed by atoms with E-state index in [4.69, 9.17) is 22.7 Å². The van der Waals surface area contributed by atoms with Gasteiger partial charge in [-0.3, -0.25) is 0 Å². The fourth-order valence-corrected chi connectivity index (χ4v) is 5.16. The SMILES string of the molecule is CC(C[Si](Cl)CCc1ccccc1Cl)c1ccccc1. The molecular formula is C17H19Cl2Si. The molecule has 0 amide bonds. The fourth-order valence-electron chi connectivity index (χ4n) is 2.31. The van der Waals surface area contributed by atoms with Crippen molar-refractivity contribution in [3.63, 3.8) is 0 Å². The monoisotopic (exact) mass is 321 g/mol. The Morgan fingerprint density at radius 3 is 2.35 bits per heavy atom. The zero-order valence-electron chi connectivity index (χ0n) is 11.7. The maximum absolute atomic E-state index is 6.59. The summed E-state index contributed by atoms with van der Waals surface area (Å²) in [5.41, 5.74) is 2.60. The molecule has 0 N–H and O–H groups in total. The van der Waals surface area contributed by atoms with Crippen LogP contribution < -0.4 is 0 Å². The Bertz CT molecular complexity index is 528. The van der Waals surface area contributed by atoms with Crippen molar-refractivity contribution >= 4 is 30.8 Å². The van der Waals surface area contributed by atoms with Crippen molar-refractivity contribution in [1.29, 1.82) is 0 Å². The van der Waals surface area contributed by atoms with Gasteiger partial charge in [0.05, 0.1) is 0 Å². The van der Waals surface area contributed by atoms with E-state index in [-0.39, 0.29) is 0 Å². The molecule has 0 heterocycles. The summed E-state index contributed by atoms with van der Waals surface area (Å²) in [6.45, 7) is 2.26. The van der Waals surface area contributed by atoms with Crippen LogP contribution in [0.1, 0.15) is 24.0 Å². The fraction of sp³-hybridized carbons (Fsp3) is 0.294. The summed E-state index contributed by atoms with van der Waals surface area (Å²) >= 11 is 12.8. The maximum atomic E-state index is 6.59. The van der Waals surface area contributed by atoms with Crippen molar-refractivity contribution in [2.45, 2.75) is 31.4 Å². The van der Waals surface area contributed by atoms with E-state index < -0.39 is 8.11 Å². The molecule has 0 saturated heterocycles. The van der Waals surface area contributed by atoms with Gasteiger partial charge in [-0.15, -0.1) is 0 Å². The number of hydrogen-bond acceptors (Lipinski definition) is 0. The average Bonchev–Trinajstić information content (AvgIpc) is 2.47. The predicted molar refractivity (Wildman–Crippen MR) is 91.2 cm³/mol. The normalized spacial score (nSPS) is 12.6. The van der Waals surface area contributed by atoms with Crippen LogP contribution in [0.15, 0.2) is 54.6 Å². The van der Waals surface area contributed by atoms with Gasteiger partial charge in [-0.05, 0) is 41.6 Å². The molecule has 2 aromatic rings. The molecule has 0 aliphatic carbocycles.